The predicted octanol–water partition coefficient (Wildman–Crippen LogP) is 4.46. The largest absolute Gasteiger partial charge is 0.416 e. The standard InChI is InChI=1S/C16H10F3NO/c17-16(18,19)13-2-1-3-14(9-13)20-7-6-12-8-11(10-21)4-5-15(12)20/h1-10H. The molecule has 0 bridgehead atoms. The maximum atomic E-state index is 12.8. The van der Waals surface area contributed by atoms with Crippen LogP contribution in [0.3, 0.4) is 0 Å². The minimum atomic E-state index is -4.37. The van der Waals surface area contributed by atoms with Crippen molar-refractivity contribution in [3.05, 3.63) is 65.9 Å². The quantitative estimate of drug-likeness (QED) is 0.638. The van der Waals surface area contributed by atoms with E-state index in [4.69, 9.17) is 0 Å². The fraction of sp³-hybridized carbons (Fsp3) is 0.0625. The Morgan fingerprint density at radius 3 is 2.52 bits per heavy atom. The Morgan fingerprint density at radius 2 is 1.81 bits per heavy atom. The van der Waals surface area contributed by atoms with Crippen LogP contribution in [-0.4, -0.2) is 10.9 Å². The molecule has 106 valence electrons. The van der Waals surface area contributed by atoms with E-state index in [1.807, 2.05) is 0 Å². The first-order chi connectivity index (χ1) is 9.99. The molecule has 3 rings (SSSR count). The molecule has 0 aliphatic carbocycles. The average Bonchev–Trinajstić information content (AvgIpc) is 2.89. The maximum Gasteiger partial charge on any atom is 0.416 e. The van der Waals surface area contributed by atoms with Gasteiger partial charge in [0.15, 0.2) is 0 Å². The van der Waals surface area contributed by atoms with Gasteiger partial charge >= 0.3 is 6.18 Å². The summed E-state index contributed by atoms with van der Waals surface area (Å²) in [5, 5.41) is 0.803. The van der Waals surface area contributed by atoms with E-state index in [9.17, 15) is 18.0 Å². The molecule has 0 amide bonds. The predicted molar refractivity (Wildman–Crippen MR) is 73.7 cm³/mol. The molecular weight excluding hydrogens is 279 g/mol. The van der Waals surface area contributed by atoms with E-state index in [0.29, 0.717) is 11.3 Å². The molecule has 0 saturated heterocycles. The smallest absolute Gasteiger partial charge is 0.317 e. The summed E-state index contributed by atoms with van der Waals surface area (Å²) in [6, 6.07) is 12.0. The molecule has 0 spiro atoms. The number of nitrogens with zero attached hydrogens (tertiary/aromatic N) is 1. The van der Waals surface area contributed by atoms with E-state index in [1.54, 1.807) is 41.1 Å². The van der Waals surface area contributed by atoms with E-state index < -0.39 is 11.7 Å². The summed E-state index contributed by atoms with van der Waals surface area (Å²) in [4.78, 5) is 10.8. The zero-order valence-corrected chi connectivity index (χ0v) is 10.8. The zero-order valence-electron chi connectivity index (χ0n) is 10.8. The molecule has 0 radical (unpaired) electrons. The van der Waals surface area contributed by atoms with Gasteiger partial charge in [0.1, 0.15) is 6.29 Å². The van der Waals surface area contributed by atoms with E-state index >= 15 is 0 Å². The minimum Gasteiger partial charge on any atom is -0.317 e. The SMILES string of the molecule is O=Cc1ccc2c(ccn2-c2cccc(C(F)(F)F)c2)c1. The molecule has 0 fully saturated rings. The molecule has 1 heterocycles. The van der Waals surface area contributed by atoms with Crippen LogP contribution in [0.2, 0.25) is 0 Å². The number of carbonyl (C=O) groups excluding carboxylic acids is 1. The van der Waals surface area contributed by atoms with Gasteiger partial charge in [0.05, 0.1) is 11.1 Å². The highest BCUT2D eigenvalue weighted by atomic mass is 19.4. The van der Waals surface area contributed by atoms with Crippen molar-refractivity contribution in [2.75, 3.05) is 0 Å². The summed E-state index contributed by atoms with van der Waals surface area (Å²) >= 11 is 0. The Bertz CT molecular complexity index is 818. The van der Waals surface area contributed by atoms with Crippen molar-refractivity contribution in [2.45, 2.75) is 6.18 Å². The van der Waals surface area contributed by atoms with E-state index in [1.165, 1.54) is 6.07 Å². The second-order valence-corrected chi connectivity index (χ2v) is 4.67. The lowest BCUT2D eigenvalue weighted by Gasteiger charge is -2.10. The van der Waals surface area contributed by atoms with Crippen molar-refractivity contribution in [1.82, 2.24) is 4.57 Å². The number of aromatic nitrogens is 1. The summed E-state index contributed by atoms with van der Waals surface area (Å²) in [6.45, 7) is 0. The molecule has 5 heteroatoms. The first-order valence-corrected chi connectivity index (χ1v) is 6.23. The molecule has 2 aromatic carbocycles. The number of fused-ring (bicyclic) bond motifs is 1. The van der Waals surface area contributed by atoms with E-state index in [-0.39, 0.29) is 0 Å². The van der Waals surface area contributed by atoms with Crippen LogP contribution in [0.1, 0.15) is 15.9 Å². The fourth-order valence-electron chi connectivity index (χ4n) is 2.29. The van der Waals surface area contributed by atoms with Gasteiger partial charge in [0.25, 0.3) is 0 Å². The Hall–Kier alpha value is -2.56. The Morgan fingerprint density at radius 1 is 1.00 bits per heavy atom. The molecule has 0 aliphatic rings. The molecule has 0 unspecified atom stereocenters. The van der Waals surface area contributed by atoms with Crippen LogP contribution in [0.5, 0.6) is 0 Å². The van der Waals surface area contributed by atoms with Gasteiger partial charge in [-0.3, -0.25) is 4.79 Å². The van der Waals surface area contributed by atoms with Gasteiger partial charge < -0.3 is 4.57 Å². The van der Waals surface area contributed by atoms with Crippen LogP contribution in [0, 0.1) is 0 Å². The fourth-order valence-corrected chi connectivity index (χ4v) is 2.29. The Kier molecular flexibility index (Phi) is 3.05. The number of carbonyl (C=O) groups is 1. The molecule has 1 aromatic heterocycles. The molecule has 0 saturated carbocycles. The van der Waals surface area contributed by atoms with Crippen molar-refractivity contribution in [3.63, 3.8) is 0 Å². The molecular formula is C16H10F3NO. The lowest BCUT2D eigenvalue weighted by atomic mass is 10.1. The summed E-state index contributed by atoms with van der Waals surface area (Å²) in [5.41, 5.74) is 1.02. The lowest BCUT2D eigenvalue weighted by Crippen LogP contribution is -2.05. The number of hydrogen-bond donors (Lipinski definition) is 0. The number of benzene rings is 2. The molecule has 21 heavy (non-hydrogen) atoms. The third-order valence-electron chi connectivity index (χ3n) is 3.30. The molecule has 0 N–H and O–H groups in total. The van der Waals surface area contributed by atoms with Gasteiger partial charge in [-0.15, -0.1) is 0 Å². The highest BCUT2D eigenvalue weighted by molar-refractivity contribution is 5.88. The van der Waals surface area contributed by atoms with Crippen molar-refractivity contribution in [3.8, 4) is 5.69 Å². The minimum absolute atomic E-state index is 0.429. The van der Waals surface area contributed by atoms with Crippen LogP contribution in [-0.2, 0) is 6.18 Å². The number of hydrogen-bond acceptors (Lipinski definition) is 1. The van der Waals surface area contributed by atoms with Gasteiger partial charge in [-0.05, 0) is 42.5 Å². The third kappa shape index (κ3) is 2.42. The number of aldehydes is 1. The first-order valence-electron chi connectivity index (χ1n) is 6.23. The summed E-state index contributed by atoms with van der Waals surface area (Å²) in [6.07, 6.45) is -1.94. The second kappa shape index (κ2) is 4.77. The van der Waals surface area contributed by atoms with Crippen LogP contribution in [0.15, 0.2) is 54.7 Å². The number of rotatable bonds is 2. The van der Waals surface area contributed by atoms with Gasteiger partial charge in [-0.2, -0.15) is 13.2 Å². The first kappa shape index (κ1) is 13.4. The number of alkyl halides is 3. The van der Waals surface area contributed by atoms with Crippen molar-refractivity contribution in [2.24, 2.45) is 0 Å². The van der Waals surface area contributed by atoms with Crippen LogP contribution in [0.4, 0.5) is 13.2 Å². The van der Waals surface area contributed by atoms with Crippen molar-refractivity contribution >= 4 is 17.2 Å². The molecule has 3 aromatic rings. The van der Waals surface area contributed by atoms with Gasteiger partial charge in [0, 0.05) is 22.8 Å². The summed E-state index contributed by atoms with van der Waals surface area (Å²) in [7, 11) is 0. The van der Waals surface area contributed by atoms with Gasteiger partial charge in [-0.25, -0.2) is 0 Å². The third-order valence-corrected chi connectivity index (χ3v) is 3.30. The normalized spacial score (nSPS) is 11.8. The lowest BCUT2D eigenvalue weighted by molar-refractivity contribution is -0.137. The van der Waals surface area contributed by atoms with Crippen LogP contribution in [0.25, 0.3) is 16.6 Å². The highest BCUT2D eigenvalue weighted by Crippen LogP contribution is 2.31. The Labute approximate surface area is 118 Å². The van der Waals surface area contributed by atoms with Crippen molar-refractivity contribution in [1.29, 1.82) is 0 Å². The molecule has 0 aliphatic heterocycles. The van der Waals surface area contributed by atoms with Gasteiger partial charge in [0.2, 0.25) is 0 Å². The second-order valence-electron chi connectivity index (χ2n) is 4.67. The zero-order chi connectivity index (χ0) is 15.0. The monoisotopic (exact) mass is 289 g/mol. The van der Waals surface area contributed by atoms with Crippen LogP contribution < -0.4 is 0 Å². The maximum absolute atomic E-state index is 12.8. The Balaban J connectivity index is 2.15. The van der Waals surface area contributed by atoms with Crippen molar-refractivity contribution < 1.29 is 18.0 Å². The van der Waals surface area contributed by atoms with E-state index in [2.05, 4.69) is 0 Å². The van der Waals surface area contributed by atoms with Crippen LogP contribution >= 0.6 is 0 Å². The highest BCUT2D eigenvalue weighted by Gasteiger charge is 2.30. The van der Waals surface area contributed by atoms with E-state index in [0.717, 1.165) is 29.3 Å². The topological polar surface area (TPSA) is 22.0 Å². The summed E-state index contributed by atoms with van der Waals surface area (Å²) < 4.78 is 40.0. The molecule has 0 atom stereocenters. The van der Waals surface area contributed by atoms with Gasteiger partial charge in [-0.1, -0.05) is 6.07 Å². The average molecular weight is 289 g/mol. The summed E-state index contributed by atoms with van der Waals surface area (Å²) in [5.74, 6) is 0. The molecule has 2 nitrogen and oxygen atoms in total. The number of halogens is 3.